The summed E-state index contributed by atoms with van der Waals surface area (Å²) < 4.78 is 5.26. The number of hydrogen-bond acceptors (Lipinski definition) is 3. The molecule has 3 nitrogen and oxygen atoms in total. The van der Waals surface area contributed by atoms with Gasteiger partial charge in [0.1, 0.15) is 6.61 Å². The quantitative estimate of drug-likeness (QED) is 0.842. The van der Waals surface area contributed by atoms with Crippen molar-refractivity contribution in [3.63, 3.8) is 0 Å². The van der Waals surface area contributed by atoms with Crippen LogP contribution in [-0.2, 0) is 16.1 Å². The number of hydrogen-bond donors (Lipinski definition) is 1. The SMILES string of the molecule is N[C@H]1CC[C@@H](C(=O)OCc2cccc(Cl)c2)C1. The van der Waals surface area contributed by atoms with Crippen LogP contribution in [0.2, 0.25) is 5.02 Å². The Hall–Kier alpha value is -1.06. The molecule has 2 atom stereocenters. The van der Waals surface area contributed by atoms with Gasteiger partial charge in [0.25, 0.3) is 0 Å². The van der Waals surface area contributed by atoms with Crippen LogP contribution in [0.5, 0.6) is 0 Å². The maximum Gasteiger partial charge on any atom is 0.309 e. The molecule has 1 aliphatic carbocycles. The first-order valence-electron chi connectivity index (χ1n) is 5.82. The molecule has 0 aliphatic heterocycles. The minimum Gasteiger partial charge on any atom is -0.461 e. The van der Waals surface area contributed by atoms with Crippen LogP contribution in [0, 0.1) is 5.92 Å². The summed E-state index contributed by atoms with van der Waals surface area (Å²) in [4.78, 5) is 11.7. The Kier molecular flexibility index (Phi) is 4.02. The number of carbonyl (C=O) groups is 1. The summed E-state index contributed by atoms with van der Waals surface area (Å²) in [6.07, 6.45) is 2.50. The van der Waals surface area contributed by atoms with Crippen LogP contribution >= 0.6 is 11.6 Å². The minimum atomic E-state index is -0.141. The van der Waals surface area contributed by atoms with Crippen LogP contribution < -0.4 is 5.73 Å². The Morgan fingerprint density at radius 2 is 2.29 bits per heavy atom. The van der Waals surface area contributed by atoms with Gasteiger partial charge in [-0.15, -0.1) is 0 Å². The highest BCUT2D eigenvalue weighted by atomic mass is 35.5. The summed E-state index contributed by atoms with van der Waals surface area (Å²) >= 11 is 5.85. The fourth-order valence-electron chi connectivity index (χ4n) is 2.13. The number of halogens is 1. The lowest BCUT2D eigenvalue weighted by molar-refractivity contribution is -0.149. The summed E-state index contributed by atoms with van der Waals surface area (Å²) in [5.41, 5.74) is 6.68. The number of esters is 1. The highest BCUT2D eigenvalue weighted by Crippen LogP contribution is 2.25. The minimum absolute atomic E-state index is 0.0239. The smallest absolute Gasteiger partial charge is 0.309 e. The molecule has 0 unspecified atom stereocenters. The monoisotopic (exact) mass is 253 g/mol. The molecule has 0 bridgehead atoms. The number of rotatable bonds is 3. The van der Waals surface area contributed by atoms with Crippen molar-refractivity contribution in [3.8, 4) is 0 Å². The lowest BCUT2D eigenvalue weighted by Crippen LogP contribution is -2.19. The van der Waals surface area contributed by atoms with Gasteiger partial charge in [-0.2, -0.15) is 0 Å². The van der Waals surface area contributed by atoms with Crippen LogP contribution in [0.15, 0.2) is 24.3 Å². The Balaban J connectivity index is 1.84. The predicted octanol–water partition coefficient (Wildman–Crippen LogP) is 2.51. The number of benzene rings is 1. The van der Waals surface area contributed by atoms with Gasteiger partial charge in [-0.05, 0) is 37.0 Å². The van der Waals surface area contributed by atoms with Gasteiger partial charge < -0.3 is 10.5 Å². The van der Waals surface area contributed by atoms with E-state index in [4.69, 9.17) is 22.1 Å². The van der Waals surface area contributed by atoms with E-state index in [-0.39, 0.29) is 24.5 Å². The van der Waals surface area contributed by atoms with Gasteiger partial charge in [0.2, 0.25) is 0 Å². The second-order valence-electron chi connectivity index (χ2n) is 4.51. The molecular formula is C13H16ClNO2. The molecule has 1 aliphatic rings. The number of ether oxygens (including phenoxy) is 1. The molecule has 2 rings (SSSR count). The van der Waals surface area contributed by atoms with E-state index in [2.05, 4.69) is 0 Å². The van der Waals surface area contributed by atoms with Crippen LogP contribution in [0.1, 0.15) is 24.8 Å². The molecule has 1 aromatic rings. The third kappa shape index (κ3) is 3.45. The number of carbonyl (C=O) groups excluding carboxylic acids is 1. The van der Waals surface area contributed by atoms with Crippen molar-refractivity contribution in [2.45, 2.75) is 31.9 Å². The van der Waals surface area contributed by atoms with E-state index < -0.39 is 0 Å². The third-order valence-corrected chi connectivity index (χ3v) is 3.31. The van der Waals surface area contributed by atoms with Crippen molar-refractivity contribution < 1.29 is 9.53 Å². The van der Waals surface area contributed by atoms with Crippen molar-refractivity contribution in [1.82, 2.24) is 0 Å². The Morgan fingerprint density at radius 1 is 1.47 bits per heavy atom. The summed E-state index contributed by atoms with van der Waals surface area (Å²) in [6, 6.07) is 7.48. The molecule has 1 fully saturated rings. The topological polar surface area (TPSA) is 52.3 Å². The second kappa shape index (κ2) is 5.52. The molecule has 0 heterocycles. The molecule has 2 N–H and O–H groups in total. The van der Waals surface area contributed by atoms with E-state index in [1.807, 2.05) is 12.1 Å². The van der Waals surface area contributed by atoms with E-state index in [1.54, 1.807) is 12.1 Å². The Bertz CT molecular complexity index is 408. The first kappa shape index (κ1) is 12.4. The van der Waals surface area contributed by atoms with Crippen LogP contribution in [0.3, 0.4) is 0 Å². The van der Waals surface area contributed by atoms with Gasteiger partial charge in [-0.25, -0.2) is 0 Å². The fraction of sp³-hybridized carbons (Fsp3) is 0.462. The molecule has 1 aromatic carbocycles. The molecule has 0 spiro atoms. The zero-order valence-electron chi connectivity index (χ0n) is 9.56. The van der Waals surface area contributed by atoms with E-state index in [0.29, 0.717) is 5.02 Å². The molecular weight excluding hydrogens is 238 g/mol. The molecule has 17 heavy (non-hydrogen) atoms. The molecule has 4 heteroatoms. The maximum atomic E-state index is 11.7. The average Bonchev–Trinajstić information content (AvgIpc) is 2.73. The van der Waals surface area contributed by atoms with Gasteiger partial charge in [-0.1, -0.05) is 23.7 Å². The highest BCUT2D eigenvalue weighted by Gasteiger charge is 2.28. The van der Waals surface area contributed by atoms with E-state index in [1.165, 1.54) is 0 Å². The first-order chi connectivity index (χ1) is 8.15. The molecule has 0 radical (unpaired) electrons. The van der Waals surface area contributed by atoms with Crippen molar-refractivity contribution in [1.29, 1.82) is 0 Å². The van der Waals surface area contributed by atoms with Crippen molar-refractivity contribution in [3.05, 3.63) is 34.9 Å². The van der Waals surface area contributed by atoms with E-state index >= 15 is 0 Å². The average molecular weight is 254 g/mol. The standard InChI is InChI=1S/C13H16ClNO2/c14-11-3-1-2-9(6-11)8-17-13(16)10-4-5-12(15)7-10/h1-3,6,10,12H,4-5,7-8,15H2/t10-,12+/m1/s1. The predicted molar refractivity (Wildman–Crippen MR) is 66.6 cm³/mol. The molecule has 0 saturated heterocycles. The highest BCUT2D eigenvalue weighted by molar-refractivity contribution is 6.30. The summed E-state index contributed by atoms with van der Waals surface area (Å²) in [5.74, 6) is -0.165. The van der Waals surface area contributed by atoms with Gasteiger partial charge in [0, 0.05) is 11.1 Å². The van der Waals surface area contributed by atoms with Crippen LogP contribution in [0.4, 0.5) is 0 Å². The summed E-state index contributed by atoms with van der Waals surface area (Å²) in [5, 5.41) is 0.654. The van der Waals surface area contributed by atoms with Crippen molar-refractivity contribution in [2.24, 2.45) is 11.7 Å². The van der Waals surface area contributed by atoms with Crippen molar-refractivity contribution in [2.75, 3.05) is 0 Å². The number of nitrogens with two attached hydrogens (primary N) is 1. The van der Waals surface area contributed by atoms with E-state index in [0.717, 1.165) is 24.8 Å². The van der Waals surface area contributed by atoms with Gasteiger partial charge >= 0.3 is 5.97 Å². The summed E-state index contributed by atoms with van der Waals surface area (Å²) in [6.45, 7) is 0.283. The Morgan fingerprint density at radius 3 is 2.94 bits per heavy atom. The van der Waals surface area contributed by atoms with E-state index in [9.17, 15) is 4.79 Å². The third-order valence-electron chi connectivity index (χ3n) is 3.08. The van der Waals surface area contributed by atoms with Crippen LogP contribution in [-0.4, -0.2) is 12.0 Å². The molecule has 1 saturated carbocycles. The van der Waals surface area contributed by atoms with Gasteiger partial charge in [0.15, 0.2) is 0 Å². The van der Waals surface area contributed by atoms with Gasteiger partial charge in [-0.3, -0.25) is 4.79 Å². The van der Waals surface area contributed by atoms with Crippen molar-refractivity contribution >= 4 is 17.6 Å². The Labute approximate surface area is 106 Å². The first-order valence-corrected chi connectivity index (χ1v) is 6.19. The second-order valence-corrected chi connectivity index (χ2v) is 4.94. The maximum absolute atomic E-state index is 11.7. The summed E-state index contributed by atoms with van der Waals surface area (Å²) in [7, 11) is 0. The zero-order valence-corrected chi connectivity index (χ0v) is 10.3. The molecule has 0 amide bonds. The lowest BCUT2D eigenvalue weighted by atomic mass is 10.1. The zero-order chi connectivity index (χ0) is 12.3. The van der Waals surface area contributed by atoms with Gasteiger partial charge in [0.05, 0.1) is 5.92 Å². The lowest BCUT2D eigenvalue weighted by Gasteiger charge is -2.10. The fourth-order valence-corrected chi connectivity index (χ4v) is 2.34. The molecule has 0 aromatic heterocycles. The normalized spacial score (nSPS) is 23.6. The largest absolute Gasteiger partial charge is 0.461 e. The van der Waals surface area contributed by atoms with Crippen LogP contribution in [0.25, 0.3) is 0 Å². The molecule has 92 valence electrons.